The zero-order valence-corrected chi connectivity index (χ0v) is 6.27. The minimum atomic E-state index is -5.24. The molecule has 0 saturated carbocycles. The Morgan fingerprint density at radius 1 is 1.15 bits per heavy atom. The first-order valence-corrected chi connectivity index (χ1v) is 3.34. The number of hydrogen-bond acceptors (Lipinski definition) is 1. The number of nitrogens with zero attached hydrogens (tertiary/aromatic N) is 1. The van der Waals surface area contributed by atoms with Crippen molar-refractivity contribution in [2.45, 2.75) is 0 Å². The first-order valence-electron chi connectivity index (χ1n) is 3.34. The van der Waals surface area contributed by atoms with E-state index in [1.54, 1.807) is 0 Å². The molecule has 0 unspecified atom stereocenters. The maximum Gasteiger partial charge on any atom is 0.509 e. The predicted molar refractivity (Wildman–Crippen MR) is 39.8 cm³/mol. The topological polar surface area (TPSA) is 23.8 Å². The molecule has 0 aliphatic carbocycles. The summed E-state index contributed by atoms with van der Waals surface area (Å²) in [5, 5.41) is 8.28. The van der Waals surface area contributed by atoms with Gasteiger partial charge in [-0.1, -0.05) is 12.1 Å². The van der Waals surface area contributed by atoms with Crippen LogP contribution in [0.15, 0.2) is 18.2 Å². The second-order valence-electron chi connectivity index (χ2n) is 2.46. The summed E-state index contributed by atoms with van der Waals surface area (Å²) in [5.74, 6) is -1.05. The Labute approximate surface area is 71.7 Å². The maximum atomic E-state index is 12.5. The Morgan fingerprint density at radius 2 is 1.77 bits per heavy atom. The van der Waals surface area contributed by atoms with Crippen LogP contribution in [-0.2, 0) is 0 Å². The Morgan fingerprint density at radius 3 is 2.23 bits per heavy atom. The van der Waals surface area contributed by atoms with Crippen LogP contribution in [0.2, 0.25) is 0 Å². The molecule has 6 heteroatoms. The van der Waals surface area contributed by atoms with E-state index in [1.807, 2.05) is 0 Å². The lowest BCUT2D eigenvalue weighted by atomic mass is 9.79. The predicted octanol–water partition coefficient (Wildman–Crippen LogP) is 1.75. The molecule has 68 valence electrons. The van der Waals surface area contributed by atoms with E-state index in [0.29, 0.717) is 12.1 Å². The summed E-state index contributed by atoms with van der Waals surface area (Å²) in [4.78, 5) is 0. The van der Waals surface area contributed by atoms with Crippen molar-refractivity contribution in [3.63, 3.8) is 0 Å². The van der Waals surface area contributed by atoms with Gasteiger partial charge in [-0.15, -0.1) is 5.46 Å². The summed E-state index contributed by atoms with van der Waals surface area (Å²) in [7, 11) is 0. The van der Waals surface area contributed by atoms with E-state index < -0.39 is 18.3 Å². The van der Waals surface area contributed by atoms with Gasteiger partial charge >= 0.3 is 6.98 Å². The van der Waals surface area contributed by atoms with E-state index in [1.165, 1.54) is 6.07 Å². The largest absolute Gasteiger partial charge is 0.509 e. The Kier molecular flexibility index (Phi) is 2.28. The lowest BCUT2D eigenvalue weighted by Gasteiger charge is -2.14. The van der Waals surface area contributed by atoms with E-state index in [-0.39, 0.29) is 5.56 Å². The van der Waals surface area contributed by atoms with Crippen molar-refractivity contribution in [1.29, 1.82) is 5.26 Å². The van der Waals surface area contributed by atoms with Gasteiger partial charge in [-0.3, -0.25) is 0 Å². The summed E-state index contributed by atoms with van der Waals surface area (Å²) in [5.41, 5.74) is -1.41. The molecule has 0 heterocycles. The molecule has 1 aromatic carbocycles. The lowest BCUT2D eigenvalue weighted by Crippen LogP contribution is -2.34. The molecule has 1 rings (SSSR count). The molecule has 0 N–H and O–H groups in total. The highest BCUT2D eigenvalue weighted by Crippen LogP contribution is 2.11. The number of rotatable bonds is 1. The van der Waals surface area contributed by atoms with Crippen molar-refractivity contribution in [3.8, 4) is 6.07 Å². The average molecular weight is 188 g/mol. The van der Waals surface area contributed by atoms with Crippen LogP contribution in [0.3, 0.4) is 0 Å². The SMILES string of the molecule is N#Cc1cc(F)cc([B-](F)(F)F)c1. The van der Waals surface area contributed by atoms with Gasteiger partial charge in [-0.2, -0.15) is 5.26 Å². The molecule has 1 nitrogen and oxygen atoms in total. The third-order valence-corrected chi connectivity index (χ3v) is 1.43. The monoisotopic (exact) mass is 188 g/mol. The zero-order chi connectivity index (χ0) is 10.1. The smallest absolute Gasteiger partial charge is 0.445 e. The number of halogens is 4. The lowest BCUT2D eigenvalue weighted by molar-refractivity contribution is 0.500. The average Bonchev–Trinajstić information content (AvgIpc) is 2.01. The van der Waals surface area contributed by atoms with Crippen LogP contribution in [0.1, 0.15) is 5.56 Å². The highest BCUT2D eigenvalue weighted by atomic mass is 19.4. The minimum absolute atomic E-state index is 0.325. The highest BCUT2D eigenvalue weighted by Gasteiger charge is 2.26. The molecule has 0 spiro atoms. The fourth-order valence-electron chi connectivity index (χ4n) is 0.866. The maximum absolute atomic E-state index is 12.5. The Balaban J connectivity index is 3.26. The number of hydrogen-bond donors (Lipinski definition) is 0. The van der Waals surface area contributed by atoms with Crippen molar-refractivity contribution in [1.82, 2.24) is 0 Å². The van der Waals surface area contributed by atoms with Gasteiger partial charge < -0.3 is 12.9 Å². The van der Waals surface area contributed by atoms with E-state index in [2.05, 4.69) is 0 Å². The highest BCUT2D eigenvalue weighted by molar-refractivity contribution is 6.73. The molecule has 0 radical (unpaired) electrons. The standard InChI is InChI=1S/C7H3BF4N/c9-7-2-5(4-13)1-6(3-7)8(10,11)12/h1-3H/q-1. The van der Waals surface area contributed by atoms with Crippen LogP contribution in [0, 0.1) is 17.1 Å². The minimum Gasteiger partial charge on any atom is -0.445 e. The van der Waals surface area contributed by atoms with Crippen molar-refractivity contribution >= 4 is 12.4 Å². The molecule has 0 saturated heterocycles. The molecule has 0 amide bonds. The summed E-state index contributed by atoms with van der Waals surface area (Å²) in [6.45, 7) is -5.24. The third kappa shape index (κ3) is 2.21. The molecule has 0 aromatic heterocycles. The van der Waals surface area contributed by atoms with Gasteiger partial charge in [0.15, 0.2) is 0 Å². The first-order chi connectivity index (χ1) is 5.93. The summed E-state index contributed by atoms with van der Waals surface area (Å²) < 4.78 is 48.7. The molecule has 1 aromatic rings. The molecular weight excluding hydrogens is 185 g/mol. The van der Waals surface area contributed by atoms with Crippen LogP contribution in [0.5, 0.6) is 0 Å². The van der Waals surface area contributed by atoms with E-state index in [9.17, 15) is 17.3 Å². The van der Waals surface area contributed by atoms with Gasteiger partial charge in [-0.25, -0.2) is 4.39 Å². The molecule has 0 aliphatic rings. The van der Waals surface area contributed by atoms with Gasteiger partial charge in [0.25, 0.3) is 0 Å². The van der Waals surface area contributed by atoms with Crippen molar-refractivity contribution in [2.24, 2.45) is 0 Å². The van der Waals surface area contributed by atoms with Gasteiger partial charge in [0.2, 0.25) is 0 Å². The van der Waals surface area contributed by atoms with Crippen LogP contribution < -0.4 is 5.46 Å². The van der Waals surface area contributed by atoms with Gasteiger partial charge in [0.05, 0.1) is 11.6 Å². The molecule has 0 aliphatic heterocycles. The second kappa shape index (κ2) is 3.09. The molecular formula is C7H3BF4N-. The van der Waals surface area contributed by atoms with Crippen LogP contribution in [0.25, 0.3) is 0 Å². The second-order valence-corrected chi connectivity index (χ2v) is 2.46. The van der Waals surface area contributed by atoms with Crippen LogP contribution in [-0.4, -0.2) is 6.98 Å². The number of benzene rings is 1. The third-order valence-electron chi connectivity index (χ3n) is 1.43. The molecule has 0 fully saturated rings. The van der Waals surface area contributed by atoms with Gasteiger partial charge in [0, 0.05) is 0 Å². The Hall–Kier alpha value is -1.51. The van der Waals surface area contributed by atoms with Crippen LogP contribution in [0.4, 0.5) is 17.3 Å². The van der Waals surface area contributed by atoms with Crippen molar-refractivity contribution < 1.29 is 17.3 Å². The van der Waals surface area contributed by atoms with E-state index >= 15 is 0 Å². The van der Waals surface area contributed by atoms with Crippen LogP contribution >= 0.6 is 0 Å². The molecule has 13 heavy (non-hydrogen) atoms. The zero-order valence-electron chi connectivity index (χ0n) is 6.27. The summed E-state index contributed by atoms with van der Waals surface area (Å²) in [6, 6.07) is 3.21. The Bertz CT molecular complexity index is 366. The van der Waals surface area contributed by atoms with Crippen molar-refractivity contribution in [2.75, 3.05) is 0 Å². The first kappa shape index (κ1) is 9.58. The fourth-order valence-corrected chi connectivity index (χ4v) is 0.866. The van der Waals surface area contributed by atoms with Gasteiger partial charge in [0.1, 0.15) is 5.82 Å². The number of nitriles is 1. The van der Waals surface area contributed by atoms with E-state index in [0.717, 1.165) is 6.07 Å². The molecule has 0 atom stereocenters. The van der Waals surface area contributed by atoms with E-state index in [4.69, 9.17) is 5.26 Å². The fraction of sp³-hybridized carbons (Fsp3) is 0. The quantitative estimate of drug-likeness (QED) is 0.486. The normalized spacial score (nSPS) is 11.0. The van der Waals surface area contributed by atoms with Crippen molar-refractivity contribution in [3.05, 3.63) is 29.6 Å². The summed E-state index contributed by atoms with van der Waals surface area (Å²) >= 11 is 0. The summed E-state index contributed by atoms with van der Waals surface area (Å²) in [6.07, 6.45) is 0. The molecule has 0 bridgehead atoms. The van der Waals surface area contributed by atoms with Gasteiger partial charge in [-0.05, 0) is 6.07 Å².